The zero-order valence-electron chi connectivity index (χ0n) is 7.98. The first kappa shape index (κ1) is 3.56. The lowest BCUT2D eigenvalue weighted by Gasteiger charge is -2.16. The van der Waals surface area contributed by atoms with Crippen LogP contribution >= 0.6 is 0 Å². The van der Waals surface area contributed by atoms with Gasteiger partial charge >= 0.3 is 5.97 Å². The van der Waals surface area contributed by atoms with Crippen molar-refractivity contribution in [2.75, 3.05) is 6.54 Å². The molecule has 0 aromatic carbocycles. The zero-order valence-corrected chi connectivity index (χ0v) is 4.98. The molecular formula is C6H11NO2. The Morgan fingerprint density at radius 1 is 2.00 bits per heavy atom. The van der Waals surface area contributed by atoms with E-state index >= 15 is 0 Å². The highest BCUT2D eigenvalue weighted by Gasteiger charge is 2.35. The normalized spacial score (nSPS) is 41.1. The van der Waals surface area contributed by atoms with Gasteiger partial charge in [0.15, 0.2) is 0 Å². The number of carboxylic acid groups (broad SMARTS) is 1. The third kappa shape index (κ3) is 1.05. The highest BCUT2D eigenvalue weighted by Crippen LogP contribution is 2.17. The van der Waals surface area contributed by atoms with Crippen molar-refractivity contribution in [3.8, 4) is 0 Å². The monoisotopic (exact) mass is 133 g/mol. The largest absolute Gasteiger partial charge is 0.480 e. The fourth-order valence-electron chi connectivity index (χ4n) is 0.926. The van der Waals surface area contributed by atoms with E-state index in [1.54, 1.807) is 0 Å². The second-order valence-electron chi connectivity index (χ2n) is 2.24. The molecule has 1 rings (SSSR count). The van der Waals surface area contributed by atoms with Crippen molar-refractivity contribution >= 4 is 5.97 Å². The molecule has 1 atom stereocenters. The minimum Gasteiger partial charge on any atom is -0.480 e. The molecule has 52 valence electrons. The average molecular weight is 133 g/mol. The molecule has 0 aromatic heterocycles. The first-order valence-electron chi connectivity index (χ1n) is 4.38. The van der Waals surface area contributed by atoms with Gasteiger partial charge in [0.2, 0.25) is 0 Å². The quantitative estimate of drug-likeness (QED) is 0.503. The Kier molecular flexibility index (Phi) is 0.787. The Balaban J connectivity index is 2.94. The molecule has 0 radical (unpaired) electrons. The Morgan fingerprint density at radius 2 is 2.78 bits per heavy atom. The van der Waals surface area contributed by atoms with Crippen molar-refractivity contribution in [2.24, 2.45) is 0 Å². The first-order chi connectivity index (χ1) is 5.40. The zero-order chi connectivity index (χ0) is 9.41. The van der Waals surface area contributed by atoms with Gasteiger partial charge in [-0.15, -0.1) is 0 Å². The van der Waals surface area contributed by atoms with Crippen molar-refractivity contribution < 1.29 is 14.0 Å². The molecule has 1 saturated heterocycles. The fraction of sp³-hybridized carbons (Fsp3) is 0.833. The molecule has 3 heteroatoms. The highest BCUT2D eigenvalue weighted by molar-refractivity contribution is 5.78. The summed E-state index contributed by atoms with van der Waals surface area (Å²) in [6.45, 7) is -2.00. The van der Waals surface area contributed by atoms with E-state index in [4.69, 9.17) is 9.22 Å². The van der Waals surface area contributed by atoms with E-state index in [0.717, 1.165) is 0 Å². The van der Waals surface area contributed by atoms with Crippen LogP contribution in [0.15, 0.2) is 0 Å². The van der Waals surface area contributed by atoms with Crippen LogP contribution in [0.4, 0.5) is 0 Å². The number of aliphatic carboxylic acids is 1. The van der Waals surface area contributed by atoms with Crippen LogP contribution in [0.5, 0.6) is 0 Å². The Hall–Kier alpha value is -0.570. The van der Waals surface area contributed by atoms with Gasteiger partial charge in [-0.2, -0.15) is 0 Å². The van der Waals surface area contributed by atoms with E-state index in [1.165, 1.54) is 0 Å². The standard InChI is InChI=1S/C6H11NO2/c1-6(5(8)9)3-2-4-7-6/h7H,2-4H2,1H3,(H,8,9)/i1+1D3. The lowest BCUT2D eigenvalue weighted by molar-refractivity contribution is -0.143. The van der Waals surface area contributed by atoms with Gasteiger partial charge in [0.25, 0.3) is 0 Å². The molecule has 1 aliphatic rings. The van der Waals surface area contributed by atoms with Gasteiger partial charge in [-0.1, -0.05) is 0 Å². The number of carboxylic acids is 1. The summed E-state index contributed by atoms with van der Waals surface area (Å²) in [5.41, 5.74) is -1.70. The minimum absolute atomic E-state index is 0.179. The number of nitrogens with one attached hydrogen (secondary N) is 1. The van der Waals surface area contributed by atoms with E-state index in [1.807, 2.05) is 0 Å². The fourth-order valence-corrected chi connectivity index (χ4v) is 0.926. The maximum atomic E-state index is 10.7. The summed E-state index contributed by atoms with van der Waals surface area (Å²) in [6.07, 6.45) is 0.781. The molecule has 9 heavy (non-hydrogen) atoms. The van der Waals surface area contributed by atoms with E-state index < -0.39 is 18.4 Å². The topological polar surface area (TPSA) is 49.3 Å². The maximum Gasteiger partial charge on any atom is 0.323 e. The number of carbonyl (C=O) groups is 1. The van der Waals surface area contributed by atoms with Crippen molar-refractivity contribution in [3.63, 3.8) is 0 Å². The van der Waals surface area contributed by atoms with Crippen LogP contribution in [0.3, 0.4) is 0 Å². The molecule has 1 heterocycles. The lowest BCUT2D eigenvalue weighted by atomic mass is 10.1. The van der Waals surface area contributed by atoms with Crippen molar-refractivity contribution in [2.45, 2.75) is 25.2 Å². The molecule has 3 nitrogen and oxygen atoms in total. The summed E-state index contributed by atoms with van der Waals surface area (Å²) >= 11 is 0. The summed E-state index contributed by atoms with van der Waals surface area (Å²) in [5.74, 6) is -1.28. The van der Waals surface area contributed by atoms with Gasteiger partial charge in [-0.3, -0.25) is 4.79 Å². The minimum atomic E-state index is -2.46. The van der Waals surface area contributed by atoms with Crippen LogP contribution in [0.25, 0.3) is 0 Å². The van der Waals surface area contributed by atoms with Crippen molar-refractivity contribution in [1.82, 2.24) is 5.32 Å². The first-order valence-corrected chi connectivity index (χ1v) is 2.88. The van der Waals surface area contributed by atoms with Crippen molar-refractivity contribution in [1.29, 1.82) is 0 Å². The number of hydrogen-bond acceptors (Lipinski definition) is 2. The smallest absolute Gasteiger partial charge is 0.323 e. The molecule has 0 amide bonds. The van der Waals surface area contributed by atoms with Gasteiger partial charge in [0, 0.05) is 4.11 Å². The van der Waals surface area contributed by atoms with Gasteiger partial charge < -0.3 is 10.4 Å². The summed E-state index contributed by atoms with van der Waals surface area (Å²) in [6, 6.07) is 0. The van der Waals surface area contributed by atoms with E-state index in [2.05, 4.69) is 5.32 Å². The summed E-state index contributed by atoms with van der Waals surface area (Å²) in [5, 5.41) is 11.3. The lowest BCUT2D eigenvalue weighted by Crippen LogP contribution is -2.44. The van der Waals surface area contributed by atoms with Gasteiger partial charge in [0.05, 0.1) is 0 Å². The second kappa shape index (κ2) is 1.99. The molecule has 1 fully saturated rings. The Labute approximate surface area is 58.3 Å². The molecule has 1 aliphatic heterocycles. The Morgan fingerprint density at radius 3 is 3.00 bits per heavy atom. The molecule has 2 N–H and O–H groups in total. The van der Waals surface area contributed by atoms with Crippen molar-refractivity contribution in [3.05, 3.63) is 0 Å². The molecule has 0 saturated carbocycles. The van der Waals surface area contributed by atoms with Gasteiger partial charge in [-0.05, 0) is 26.2 Å². The molecule has 0 spiro atoms. The third-order valence-electron chi connectivity index (χ3n) is 1.52. The highest BCUT2D eigenvalue weighted by atomic mass is 16.4. The van der Waals surface area contributed by atoms with Crippen LogP contribution in [0.2, 0.25) is 0 Å². The average Bonchev–Trinajstić information content (AvgIpc) is 2.31. The van der Waals surface area contributed by atoms with Crippen LogP contribution in [0, 0.1) is 0 Å². The summed E-state index contributed by atoms with van der Waals surface area (Å²) in [7, 11) is 0. The SMILES string of the molecule is [2H][13C]([2H])([2H])C1(C(=O)O)CCCN1. The molecular weight excluding hydrogens is 119 g/mol. The number of hydrogen-bond donors (Lipinski definition) is 2. The summed E-state index contributed by atoms with van der Waals surface area (Å²) < 4.78 is 21.3. The van der Waals surface area contributed by atoms with E-state index in [-0.39, 0.29) is 6.42 Å². The van der Waals surface area contributed by atoms with Gasteiger partial charge in [0.1, 0.15) is 5.54 Å². The summed E-state index contributed by atoms with van der Waals surface area (Å²) in [4.78, 5) is 10.7. The van der Waals surface area contributed by atoms with Crippen LogP contribution in [-0.4, -0.2) is 23.2 Å². The molecule has 0 bridgehead atoms. The maximum absolute atomic E-state index is 10.7. The predicted molar refractivity (Wildman–Crippen MR) is 33.3 cm³/mol. The van der Waals surface area contributed by atoms with E-state index in [0.29, 0.717) is 13.0 Å². The predicted octanol–water partition coefficient (Wildman–Crippen LogP) is 0.213. The Bertz CT molecular complexity index is 195. The third-order valence-corrected chi connectivity index (χ3v) is 1.52. The van der Waals surface area contributed by atoms with E-state index in [9.17, 15) is 4.79 Å². The van der Waals surface area contributed by atoms with Crippen LogP contribution in [0.1, 0.15) is 23.8 Å². The molecule has 0 aromatic rings. The molecule has 1 unspecified atom stereocenters. The second-order valence-corrected chi connectivity index (χ2v) is 2.24. The number of rotatable bonds is 1. The van der Waals surface area contributed by atoms with Crippen LogP contribution in [-0.2, 0) is 4.79 Å². The molecule has 0 aliphatic carbocycles. The van der Waals surface area contributed by atoms with Crippen LogP contribution < -0.4 is 5.32 Å². The van der Waals surface area contributed by atoms with Gasteiger partial charge in [-0.25, -0.2) is 0 Å².